The van der Waals surface area contributed by atoms with Gasteiger partial charge >= 0.3 is 18.2 Å². The number of rotatable bonds is 6. The predicted octanol–water partition coefficient (Wildman–Crippen LogP) is 4.46. The van der Waals surface area contributed by atoms with Gasteiger partial charge in [0, 0.05) is 30.9 Å². The molecule has 0 saturated carbocycles. The second kappa shape index (κ2) is 14.1. The van der Waals surface area contributed by atoms with Gasteiger partial charge in [0.25, 0.3) is 11.2 Å². The third-order valence-electron chi connectivity index (χ3n) is 6.03. The van der Waals surface area contributed by atoms with Gasteiger partial charge in [-0.05, 0) is 43.7 Å². The number of nitrogens with one attached hydrogen (secondary N) is 3. The molecular formula is C26H26ClF4N7O6. The first kappa shape index (κ1) is 33.7. The number of hydrogen-bond donors (Lipinski definition) is 4. The largest absolute Gasteiger partial charge is 0.490 e. The Hall–Kier alpha value is -4.77. The fourth-order valence-electron chi connectivity index (χ4n) is 4.28. The minimum atomic E-state index is -5.08. The number of amides is 2. The summed E-state index contributed by atoms with van der Waals surface area (Å²) < 4.78 is 46.3. The summed E-state index contributed by atoms with van der Waals surface area (Å²) in [7, 11) is 0. The molecule has 1 aliphatic heterocycles. The zero-order valence-electron chi connectivity index (χ0n) is 23.1. The zero-order chi connectivity index (χ0) is 32.8. The number of hydrogen-bond acceptors (Lipinski definition) is 8. The van der Waals surface area contributed by atoms with E-state index in [4.69, 9.17) is 21.5 Å². The van der Waals surface area contributed by atoms with E-state index < -0.39 is 40.2 Å². The molecule has 2 atom stereocenters. The molecule has 3 aromatic rings. The van der Waals surface area contributed by atoms with E-state index in [1.165, 1.54) is 4.68 Å². The fourth-order valence-corrected chi connectivity index (χ4v) is 4.55. The highest BCUT2D eigenvalue weighted by Crippen LogP contribution is 2.26. The zero-order valence-corrected chi connectivity index (χ0v) is 23.8. The minimum absolute atomic E-state index is 0.0887. The van der Waals surface area contributed by atoms with E-state index in [9.17, 15) is 37.3 Å². The second-order valence-electron chi connectivity index (χ2n) is 9.68. The van der Waals surface area contributed by atoms with Gasteiger partial charge in [-0.15, -0.1) is 0 Å². The fraction of sp³-hybridized carbons (Fsp3) is 0.308. The number of carbonyl (C=O) groups excluding carboxylic acids is 1. The third-order valence-corrected chi connectivity index (χ3v) is 6.38. The van der Waals surface area contributed by atoms with Crippen LogP contribution in [0.1, 0.15) is 19.4 Å². The summed E-state index contributed by atoms with van der Waals surface area (Å²) in [6, 6.07) is 9.24. The first-order chi connectivity index (χ1) is 20.5. The van der Waals surface area contributed by atoms with Crippen molar-refractivity contribution >= 4 is 46.4 Å². The molecule has 2 heterocycles. The molecule has 44 heavy (non-hydrogen) atoms. The van der Waals surface area contributed by atoms with E-state index in [1.807, 2.05) is 4.90 Å². The van der Waals surface area contributed by atoms with Gasteiger partial charge in [0.15, 0.2) is 0 Å². The Bertz CT molecular complexity index is 1590. The number of halogens is 5. The Balaban J connectivity index is 0.000000676. The van der Waals surface area contributed by atoms with Gasteiger partial charge < -0.3 is 26.0 Å². The third kappa shape index (κ3) is 9.11. The monoisotopic (exact) mass is 643 g/mol. The smallest absolute Gasteiger partial charge is 0.475 e. The quantitative estimate of drug-likeness (QED) is 0.172. The number of nitrogens with zero attached hydrogens (tertiary/aromatic N) is 4. The molecule has 0 radical (unpaired) electrons. The highest BCUT2D eigenvalue weighted by atomic mass is 35.5. The van der Waals surface area contributed by atoms with Gasteiger partial charge in [0.1, 0.15) is 16.5 Å². The number of aromatic nitrogens is 2. The number of carboxylic acid groups (broad SMARTS) is 1. The topological polar surface area (TPSA) is 172 Å². The van der Waals surface area contributed by atoms with Crippen molar-refractivity contribution in [2.75, 3.05) is 28.6 Å². The van der Waals surface area contributed by atoms with Crippen LogP contribution in [-0.4, -0.2) is 63.2 Å². The van der Waals surface area contributed by atoms with Crippen LogP contribution in [-0.2, 0) is 11.3 Å². The summed E-state index contributed by atoms with van der Waals surface area (Å²) in [4.78, 5) is 46.6. The summed E-state index contributed by atoms with van der Waals surface area (Å²) in [5.41, 5.74) is 0.466. The average molecular weight is 644 g/mol. The lowest BCUT2D eigenvalue weighted by Gasteiger charge is -2.37. The van der Waals surface area contributed by atoms with Crippen LogP contribution in [0.25, 0.3) is 0 Å². The molecule has 2 aromatic carbocycles. The normalized spacial score (nSPS) is 16.4. The van der Waals surface area contributed by atoms with Gasteiger partial charge in [0.2, 0.25) is 0 Å². The standard InChI is InChI=1S/C24H25ClFN7O4.C2HF3O2/c1-14-11-31(12-15(2)28-14)21-10-27-32(23(34)22(21)25)13-16-4-3-5-18(8-16)29-24(35)30-19-7-6-17(26)9-20(19)33(36)37;3-2(4,5)1(6)7/h3-10,14-15,28H,11-13H2,1-2H3,(H2,29,30,35);(H,6,7)/t14-,15+;. The van der Waals surface area contributed by atoms with Gasteiger partial charge in [0.05, 0.1) is 29.4 Å². The number of nitro benzene ring substituents is 1. The molecule has 0 bridgehead atoms. The first-order valence-electron chi connectivity index (χ1n) is 12.7. The number of benzene rings is 2. The van der Waals surface area contributed by atoms with Crippen molar-refractivity contribution in [2.24, 2.45) is 0 Å². The molecule has 0 spiro atoms. The lowest BCUT2D eigenvalue weighted by Crippen LogP contribution is -2.54. The van der Waals surface area contributed by atoms with Gasteiger partial charge in [-0.25, -0.2) is 18.7 Å². The van der Waals surface area contributed by atoms with Crippen LogP contribution >= 0.6 is 11.6 Å². The van der Waals surface area contributed by atoms with E-state index in [0.29, 0.717) is 30.0 Å². The van der Waals surface area contributed by atoms with Crippen LogP contribution in [0, 0.1) is 15.9 Å². The van der Waals surface area contributed by atoms with Crippen LogP contribution < -0.4 is 26.4 Å². The summed E-state index contributed by atoms with van der Waals surface area (Å²) in [6.45, 7) is 5.63. The Morgan fingerprint density at radius 2 is 1.80 bits per heavy atom. The Labute approximate surface area is 251 Å². The van der Waals surface area contributed by atoms with Crippen molar-refractivity contribution in [3.8, 4) is 0 Å². The van der Waals surface area contributed by atoms with Crippen LogP contribution in [0.3, 0.4) is 0 Å². The van der Waals surface area contributed by atoms with E-state index in [-0.39, 0.29) is 29.3 Å². The Morgan fingerprint density at radius 1 is 1.16 bits per heavy atom. The number of carboxylic acids is 1. The second-order valence-corrected chi connectivity index (χ2v) is 10.1. The Kier molecular flexibility index (Phi) is 10.8. The van der Waals surface area contributed by atoms with Gasteiger partial charge in [-0.3, -0.25) is 14.9 Å². The molecule has 4 N–H and O–H groups in total. The highest BCUT2D eigenvalue weighted by Gasteiger charge is 2.38. The predicted molar refractivity (Wildman–Crippen MR) is 153 cm³/mol. The number of urea groups is 1. The number of aliphatic carboxylic acids is 1. The molecule has 236 valence electrons. The molecule has 2 amide bonds. The summed E-state index contributed by atoms with van der Waals surface area (Å²) in [5.74, 6) is -3.55. The molecule has 0 unspecified atom stereocenters. The van der Waals surface area contributed by atoms with E-state index in [0.717, 1.165) is 18.2 Å². The minimum Gasteiger partial charge on any atom is -0.475 e. The van der Waals surface area contributed by atoms with Crippen molar-refractivity contribution in [1.82, 2.24) is 15.1 Å². The number of piperazine rings is 1. The Morgan fingerprint density at radius 3 is 2.39 bits per heavy atom. The van der Waals surface area contributed by atoms with E-state index in [2.05, 4.69) is 34.9 Å². The molecule has 4 rings (SSSR count). The van der Waals surface area contributed by atoms with Crippen LogP contribution in [0.5, 0.6) is 0 Å². The van der Waals surface area contributed by atoms with Crippen molar-refractivity contribution in [3.63, 3.8) is 0 Å². The molecule has 13 nitrogen and oxygen atoms in total. The highest BCUT2D eigenvalue weighted by molar-refractivity contribution is 6.33. The number of carbonyl (C=O) groups is 2. The molecule has 1 aliphatic rings. The lowest BCUT2D eigenvalue weighted by atomic mass is 10.1. The number of nitro groups is 1. The summed E-state index contributed by atoms with van der Waals surface area (Å²) in [6.07, 6.45) is -3.50. The van der Waals surface area contributed by atoms with Crippen LogP contribution in [0.4, 0.5) is 45.1 Å². The van der Waals surface area contributed by atoms with E-state index >= 15 is 0 Å². The summed E-state index contributed by atoms with van der Waals surface area (Å²) in [5, 5.41) is 31.0. The van der Waals surface area contributed by atoms with Crippen molar-refractivity contribution in [2.45, 2.75) is 38.7 Å². The van der Waals surface area contributed by atoms with Crippen molar-refractivity contribution in [3.05, 3.63) is 85.5 Å². The van der Waals surface area contributed by atoms with Crippen molar-refractivity contribution in [1.29, 1.82) is 0 Å². The number of alkyl halides is 3. The maximum absolute atomic E-state index is 13.3. The molecule has 1 aromatic heterocycles. The molecule has 0 aliphatic carbocycles. The molecule has 1 saturated heterocycles. The van der Waals surface area contributed by atoms with Crippen LogP contribution in [0.15, 0.2) is 53.5 Å². The maximum Gasteiger partial charge on any atom is 0.490 e. The molecule has 18 heteroatoms. The average Bonchev–Trinajstić information content (AvgIpc) is 2.91. The van der Waals surface area contributed by atoms with Gasteiger partial charge in [-0.2, -0.15) is 18.3 Å². The summed E-state index contributed by atoms with van der Waals surface area (Å²) >= 11 is 6.44. The SMILES string of the molecule is C[C@@H]1CN(c2cnn(Cc3cccc(NC(=O)Nc4ccc(F)cc4[N+](=O)[O-])c3)c(=O)c2Cl)C[C@H](C)N1.O=C(O)C(F)(F)F. The maximum atomic E-state index is 13.3. The number of anilines is 3. The lowest BCUT2D eigenvalue weighted by molar-refractivity contribution is -0.384. The van der Waals surface area contributed by atoms with E-state index in [1.54, 1.807) is 30.5 Å². The molecular weight excluding hydrogens is 618 g/mol. The first-order valence-corrected chi connectivity index (χ1v) is 13.1. The van der Waals surface area contributed by atoms with Crippen molar-refractivity contribution < 1.29 is 37.2 Å². The molecule has 1 fully saturated rings. The van der Waals surface area contributed by atoms with Gasteiger partial charge in [-0.1, -0.05) is 23.7 Å². The van der Waals surface area contributed by atoms with Crippen LogP contribution in [0.2, 0.25) is 5.02 Å².